The van der Waals surface area contributed by atoms with Crippen molar-refractivity contribution in [3.8, 4) is 0 Å². The Morgan fingerprint density at radius 3 is 2.36 bits per heavy atom. The van der Waals surface area contributed by atoms with Gasteiger partial charge >= 0.3 is 0 Å². The fourth-order valence-electron chi connectivity index (χ4n) is 0.946. The van der Waals surface area contributed by atoms with Gasteiger partial charge < -0.3 is 17.2 Å². The molecule has 1 aromatic carbocycles. The highest BCUT2D eigenvalue weighted by atomic mass is 14.7. The molecule has 3 nitrogen and oxygen atoms in total. The van der Waals surface area contributed by atoms with Crippen LogP contribution >= 0.6 is 0 Å². The largest absolute Gasteiger partial charge is 0.397 e. The molecule has 60 valence electrons. The molecule has 0 aromatic heterocycles. The molecule has 0 aliphatic rings. The second kappa shape index (κ2) is 3.25. The lowest BCUT2D eigenvalue weighted by molar-refractivity contribution is 0.970. The monoisotopic (exact) mass is 151 g/mol. The third kappa shape index (κ3) is 1.85. The Balaban J connectivity index is 2.86. The van der Waals surface area contributed by atoms with E-state index in [0.717, 1.165) is 12.0 Å². The van der Waals surface area contributed by atoms with E-state index in [1.54, 1.807) is 6.07 Å². The molecule has 1 rings (SSSR count). The first kappa shape index (κ1) is 7.88. The minimum Gasteiger partial charge on any atom is -0.397 e. The minimum atomic E-state index is 0.630. The lowest BCUT2D eigenvalue weighted by Gasteiger charge is -2.02. The zero-order chi connectivity index (χ0) is 8.27. The molecule has 0 aliphatic heterocycles. The first-order chi connectivity index (χ1) is 5.24. The highest BCUT2D eigenvalue weighted by molar-refractivity contribution is 5.63. The van der Waals surface area contributed by atoms with Crippen molar-refractivity contribution in [2.24, 2.45) is 5.73 Å². The van der Waals surface area contributed by atoms with Crippen LogP contribution in [0.5, 0.6) is 0 Å². The zero-order valence-electron chi connectivity index (χ0n) is 6.38. The van der Waals surface area contributed by atoms with Crippen LogP contribution in [0.4, 0.5) is 11.4 Å². The fourth-order valence-corrected chi connectivity index (χ4v) is 0.946. The minimum absolute atomic E-state index is 0.630. The first-order valence-corrected chi connectivity index (χ1v) is 3.58. The van der Waals surface area contributed by atoms with Gasteiger partial charge in [0.05, 0.1) is 11.4 Å². The second-order valence-electron chi connectivity index (χ2n) is 2.50. The quantitative estimate of drug-likeness (QED) is 0.534. The topological polar surface area (TPSA) is 78.1 Å². The van der Waals surface area contributed by atoms with Crippen molar-refractivity contribution in [3.05, 3.63) is 23.8 Å². The lowest BCUT2D eigenvalue weighted by atomic mass is 10.1. The van der Waals surface area contributed by atoms with Gasteiger partial charge in [-0.25, -0.2) is 0 Å². The van der Waals surface area contributed by atoms with Crippen molar-refractivity contribution in [2.45, 2.75) is 6.42 Å². The SMILES string of the molecule is NCCc1ccc(N)c(N)c1. The van der Waals surface area contributed by atoms with E-state index in [1.165, 1.54) is 0 Å². The predicted molar refractivity (Wildman–Crippen MR) is 48.0 cm³/mol. The van der Waals surface area contributed by atoms with E-state index in [2.05, 4.69) is 0 Å². The smallest absolute Gasteiger partial charge is 0.0550 e. The third-order valence-electron chi connectivity index (χ3n) is 1.58. The number of rotatable bonds is 2. The lowest BCUT2D eigenvalue weighted by Crippen LogP contribution is -2.03. The number of anilines is 2. The average molecular weight is 151 g/mol. The Labute approximate surface area is 66.2 Å². The molecule has 6 N–H and O–H groups in total. The van der Waals surface area contributed by atoms with E-state index in [-0.39, 0.29) is 0 Å². The molecule has 1 aromatic rings. The molecule has 0 fully saturated rings. The molecule has 3 heteroatoms. The van der Waals surface area contributed by atoms with Crippen molar-refractivity contribution in [1.82, 2.24) is 0 Å². The van der Waals surface area contributed by atoms with Crippen molar-refractivity contribution in [1.29, 1.82) is 0 Å². The van der Waals surface area contributed by atoms with Crippen LogP contribution in [0.2, 0.25) is 0 Å². The highest BCUT2D eigenvalue weighted by Crippen LogP contribution is 2.15. The maximum Gasteiger partial charge on any atom is 0.0550 e. The van der Waals surface area contributed by atoms with Gasteiger partial charge in [-0.15, -0.1) is 0 Å². The maximum atomic E-state index is 5.59. The van der Waals surface area contributed by atoms with Crippen LogP contribution in [0.25, 0.3) is 0 Å². The van der Waals surface area contributed by atoms with Gasteiger partial charge in [-0.05, 0) is 30.7 Å². The van der Waals surface area contributed by atoms with Gasteiger partial charge in [-0.2, -0.15) is 0 Å². The summed E-state index contributed by atoms with van der Waals surface area (Å²) in [6.45, 7) is 0.642. The van der Waals surface area contributed by atoms with Crippen LogP contribution in [-0.2, 0) is 6.42 Å². The Bertz CT molecular complexity index is 245. The van der Waals surface area contributed by atoms with E-state index in [0.29, 0.717) is 17.9 Å². The van der Waals surface area contributed by atoms with Crippen molar-refractivity contribution < 1.29 is 0 Å². The summed E-state index contributed by atoms with van der Waals surface area (Å²) >= 11 is 0. The van der Waals surface area contributed by atoms with Gasteiger partial charge in [-0.1, -0.05) is 6.07 Å². The van der Waals surface area contributed by atoms with E-state index < -0.39 is 0 Å². The third-order valence-corrected chi connectivity index (χ3v) is 1.58. The Morgan fingerprint density at radius 2 is 1.82 bits per heavy atom. The van der Waals surface area contributed by atoms with Crippen LogP contribution in [0.1, 0.15) is 5.56 Å². The summed E-state index contributed by atoms with van der Waals surface area (Å²) in [6.07, 6.45) is 0.852. The Morgan fingerprint density at radius 1 is 1.09 bits per heavy atom. The van der Waals surface area contributed by atoms with Gasteiger partial charge in [-0.3, -0.25) is 0 Å². The summed E-state index contributed by atoms with van der Waals surface area (Å²) in [7, 11) is 0. The number of nitrogens with two attached hydrogens (primary N) is 3. The van der Waals surface area contributed by atoms with Crippen LogP contribution in [0, 0.1) is 0 Å². The molecular weight excluding hydrogens is 138 g/mol. The van der Waals surface area contributed by atoms with Gasteiger partial charge in [0.1, 0.15) is 0 Å². The average Bonchev–Trinajstić information content (AvgIpc) is 1.98. The summed E-state index contributed by atoms with van der Waals surface area (Å²) in [5.74, 6) is 0. The van der Waals surface area contributed by atoms with Crippen molar-refractivity contribution in [3.63, 3.8) is 0 Å². The molecule has 0 bridgehead atoms. The maximum absolute atomic E-state index is 5.59. The summed E-state index contributed by atoms with van der Waals surface area (Å²) in [5, 5.41) is 0. The number of nitrogen functional groups attached to an aromatic ring is 2. The summed E-state index contributed by atoms with van der Waals surface area (Å²) in [6, 6.07) is 5.61. The predicted octanol–water partition coefficient (Wildman–Crippen LogP) is 0.352. The van der Waals surface area contributed by atoms with Crippen LogP contribution in [0.3, 0.4) is 0 Å². The summed E-state index contributed by atoms with van der Waals surface area (Å²) in [5.41, 5.74) is 18.9. The van der Waals surface area contributed by atoms with Gasteiger partial charge in [0.2, 0.25) is 0 Å². The second-order valence-corrected chi connectivity index (χ2v) is 2.50. The van der Waals surface area contributed by atoms with Gasteiger partial charge in [0.25, 0.3) is 0 Å². The van der Waals surface area contributed by atoms with E-state index in [9.17, 15) is 0 Å². The Kier molecular flexibility index (Phi) is 2.33. The Hall–Kier alpha value is -1.22. The zero-order valence-corrected chi connectivity index (χ0v) is 6.38. The highest BCUT2D eigenvalue weighted by Gasteiger charge is 1.95. The van der Waals surface area contributed by atoms with E-state index >= 15 is 0 Å². The molecular formula is C8H13N3. The number of hydrogen-bond acceptors (Lipinski definition) is 3. The molecule has 0 amide bonds. The standard InChI is InChI=1S/C8H13N3/c9-4-3-6-1-2-7(10)8(11)5-6/h1-2,5H,3-4,9-11H2. The molecule has 0 spiro atoms. The molecule has 0 saturated carbocycles. The van der Waals surface area contributed by atoms with Crippen molar-refractivity contribution in [2.75, 3.05) is 18.0 Å². The molecule has 0 heterocycles. The van der Waals surface area contributed by atoms with Crippen LogP contribution < -0.4 is 17.2 Å². The number of hydrogen-bond donors (Lipinski definition) is 3. The summed E-state index contributed by atoms with van der Waals surface area (Å²) in [4.78, 5) is 0. The number of benzene rings is 1. The van der Waals surface area contributed by atoms with Gasteiger partial charge in [0, 0.05) is 0 Å². The van der Waals surface area contributed by atoms with E-state index in [1.807, 2.05) is 12.1 Å². The summed E-state index contributed by atoms with van der Waals surface area (Å²) < 4.78 is 0. The molecule has 0 aliphatic carbocycles. The van der Waals surface area contributed by atoms with Crippen LogP contribution in [0.15, 0.2) is 18.2 Å². The molecule has 0 saturated heterocycles. The molecule has 0 unspecified atom stereocenters. The first-order valence-electron chi connectivity index (χ1n) is 3.58. The molecule has 0 radical (unpaired) electrons. The fraction of sp³-hybridized carbons (Fsp3) is 0.250. The van der Waals surface area contributed by atoms with Crippen LogP contribution in [-0.4, -0.2) is 6.54 Å². The molecule has 0 atom stereocenters. The normalized spacial score (nSPS) is 9.91. The van der Waals surface area contributed by atoms with E-state index in [4.69, 9.17) is 17.2 Å². The van der Waals surface area contributed by atoms with Gasteiger partial charge in [0.15, 0.2) is 0 Å². The van der Waals surface area contributed by atoms with Crippen molar-refractivity contribution >= 4 is 11.4 Å². The molecule has 11 heavy (non-hydrogen) atoms.